The third kappa shape index (κ3) is 3.91. The molecule has 3 aromatic heterocycles. The Labute approximate surface area is 173 Å². The molecule has 1 saturated heterocycles. The van der Waals surface area contributed by atoms with Gasteiger partial charge in [-0.2, -0.15) is 0 Å². The summed E-state index contributed by atoms with van der Waals surface area (Å²) >= 11 is 1.63. The predicted octanol–water partition coefficient (Wildman–Crippen LogP) is 3.60. The number of aryl methyl sites for hydroxylation is 2. The lowest BCUT2D eigenvalue weighted by Crippen LogP contribution is -2.47. The number of hydrogen-bond acceptors (Lipinski definition) is 8. The van der Waals surface area contributed by atoms with Crippen LogP contribution < -0.4 is 9.80 Å². The van der Waals surface area contributed by atoms with E-state index in [0.29, 0.717) is 24.6 Å². The number of aromatic nitrogens is 5. The minimum Gasteiger partial charge on any atom is -0.352 e. The van der Waals surface area contributed by atoms with Gasteiger partial charge >= 0.3 is 0 Å². The Balaban J connectivity index is 1.45. The molecule has 0 spiro atoms. The molecule has 9 heteroatoms. The average molecular weight is 414 g/mol. The van der Waals surface area contributed by atoms with Crippen molar-refractivity contribution in [2.24, 2.45) is 0 Å². The Morgan fingerprint density at radius 1 is 1.00 bits per heavy atom. The van der Waals surface area contributed by atoms with Crippen molar-refractivity contribution in [2.45, 2.75) is 33.6 Å². The van der Waals surface area contributed by atoms with Crippen molar-refractivity contribution >= 4 is 23.0 Å². The first-order chi connectivity index (χ1) is 13.9. The van der Waals surface area contributed by atoms with Crippen LogP contribution in [0.1, 0.15) is 36.2 Å². The molecule has 0 radical (unpaired) electrons. The fraction of sp³-hybridized carbons (Fsp3) is 0.450. The third-order valence-electron chi connectivity index (χ3n) is 5.03. The number of halogens is 1. The molecule has 7 nitrogen and oxygen atoms in total. The minimum absolute atomic E-state index is 0.0257. The maximum atomic E-state index is 14.8. The number of piperazine rings is 1. The van der Waals surface area contributed by atoms with E-state index in [4.69, 9.17) is 0 Å². The van der Waals surface area contributed by atoms with Gasteiger partial charge in [0.1, 0.15) is 12.0 Å². The molecule has 4 rings (SSSR count). The summed E-state index contributed by atoms with van der Waals surface area (Å²) in [7, 11) is 0. The SMILES string of the molecule is Cc1nc(C)c(-c2ccc(N3CCN(c4ncnc(C(C)C)c4F)CC3)nn2)s1. The lowest BCUT2D eigenvalue weighted by atomic mass is 10.1. The highest BCUT2D eigenvalue weighted by molar-refractivity contribution is 7.15. The van der Waals surface area contributed by atoms with Gasteiger partial charge in [0.15, 0.2) is 17.5 Å². The van der Waals surface area contributed by atoms with Crippen LogP contribution in [-0.2, 0) is 0 Å². The molecule has 1 aliphatic rings. The second-order valence-electron chi connectivity index (χ2n) is 7.45. The van der Waals surface area contributed by atoms with E-state index in [1.807, 2.05) is 44.7 Å². The standard InChI is InChI=1S/C20H24FN7S/c1-12(2)18-17(21)20(23-11-22-18)28-9-7-27(8-10-28)16-6-5-15(25-26-16)19-13(3)24-14(4)29-19/h5-6,11-12H,7-10H2,1-4H3. The van der Waals surface area contributed by atoms with E-state index in [-0.39, 0.29) is 11.7 Å². The van der Waals surface area contributed by atoms with Crippen LogP contribution in [0.2, 0.25) is 0 Å². The summed E-state index contributed by atoms with van der Waals surface area (Å²) in [5.74, 6) is 0.937. The highest BCUT2D eigenvalue weighted by atomic mass is 32.1. The molecule has 0 aliphatic carbocycles. The van der Waals surface area contributed by atoms with Crippen LogP contribution in [0.4, 0.5) is 16.0 Å². The van der Waals surface area contributed by atoms with E-state index in [9.17, 15) is 4.39 Å². The molecule has 0 atom stereocenters. The average Bonchev–Trinajstić information content (AvgIpc) is 3.06. The van der Waals surface area contributed by atoms with Crippen molar-refractivity contribution in [2.75, 3.05) is 36.0 Å². The molecule has 0 saturated carbocycles. The van der Waals surface area contributed by atoms with Crippen molar-refractivity contribution in [1.29, 1.82) is 0 Å². The van der Waals surface area contributed by atoms with Gasteiger partial charge in [-0.05, 0) is 31.9 Å². The van der Waals surface area contributed by atoms with E-state index in [1.165, 1.54) is 6.33 Å². The maximum absolute atomic E-state index is 14.8. The van der Waals surface area contributed by atoms with Crippen molar-refractivity contribution in [3.63, 3.8) is 0 Å². The Kier molecular flexibility index (Phi) is 5.40. The molecule has 0 amide bonds. The predicted molar refractivity (Wildman–Crippen MR) is 113 cm³/mol. The molecule has 152 valence electrons. The molecule has 0 bridgehead atoms. The van der Waals surface area contributed by atoms with Gasteiger partial charge in [0.2, 0.25) is 0 Å². The molecule has 1 fully saturated rings. The zero-order valence-corrected chi connectivity index (χ0v) is 17.9. The van der Waals surface area contributed by atoms with E-state index >= 15 is 0 Å². The van der Waals surface area contributed by atoms with Crippen LogP contribution in [0.3, 0.4) is 0 Å². The largest absolute Gasteiger partial charge is 0.352 e. The highest BCUT2D eigenvalue weighted by Crippen LogP contribution is 2.29. The third-order valence-corrected chi connectivity index (χ3v) is 6.13. The summed E-state index contributed by atoms with van der Waals surface area (Å²) in [5.41, 5.74) is 2.29. The fourth-order valence-corrected chi connectivity index (χ4v) is 4.41. The molecule has 0 unspecified atom stereocenters. The highest BCUT2D eigenvalue weighted by Gasteiger charge is 2.24. The van der Waals surface area contributed by atoms with E-state index < -0.39 is 0 Å². The number of hydrogen-bond donors (Lipinski definition) is 0. The molecular weight excluding hydrogens is 389 g/mol. The Hall–Kier alpha value is -2.68. The normalized spacial score (nSPS) is 14.7. The smallest absolute Gasteiger partial charge is 0.187 e. The van der Waals surface area contributed by atoms with Gasteiger partial charge in [-0.25, -0.2) is 19.3 Å². The first-order valence-corrected chi connectivity index (χ1v) is 10.5. The molecule has 4 heterocycles. The number of anilines is 2. The van der Waals surface area contributed by atoms with E-state index in [2.05, 4.69) is 30.0 Å². The van der Waals surface area contributed by atoms with Crippen LogP contribution in [0.5, 0.6) is 0 Å². The molecular formula is C20H24FN7S. The monoisotopic (exact) mass is 413 g/mol. The number of rotatable bonds is 4. The maximum Gasteiger partial charge on any atom is 0.187 e. The molecule has 0 N–H and O–H groups in total. The van der Waals surface area contributed by atoms with Crippen LogP contribution in [0.15, 0.2) is 18.5 Å². The van der Waals surface area contributed by atoms with Crippen molar-refractivity contribution < 1.29 is 4.39 Å². The summed E-state index contributed by atoms with van der Waals surface area (Å²) in [4.78, 5) is 17.9. The van der Waals surface area contributed by atoms with Gasteiger partial charge in [-0.3, -0.25) is 0 Å². The zero-order chi connectivity index (χ0) is 20.5. The van der Waals surface area contributed by atoms with Gasteiger partial charge in [-0.15, -0.1) is 21.5 Å². The molecule has 3 aromatic rings. The quantitative estimate of drug-likeness (QED) is 0.647. The second kappa shape index (κ2) is 7.98. The van der Waals surface area contributed by atoms with Gasteiger partial charge < -0.3 is 9.80 Å². The number of thiazole rings is 1. The van der Waals surface area contributed by atoms with E-state index in [0.717, 1.165) is 40.2 Å². The number of nitrogens with zero attached hydrogens (tertiary/aromatic N) is 7. The fourth-order valence-electron chi connectivity index (χ4n) is 3.53. The first kappa shape index (κ1) is 19.6. The first-order valence-electron chi connectivity index (χ1n) is 9.72. The lowest BCUT2D eigenvalue weighted by molar-refractivity contribution is 0.556. The van der Waals surface area contributed by atoms with Crippen LogP contribution in [0.25, 0.3) is 10.6 Å². The molecule has 1 aliphatic heterocycles. The topological polar surface area (TPSA) is 70.9 Å². The van der Waals surface area contributed by atoms with Crippen LogP contribution in [0, 0.1) is 19.7 Å². The van der Waals surface area contributed by atoms with Crippen molar-refractivity contribution in [1.82, 2.24) is 25.1 Å². The summed E-state index contributed by atoms with van der Waals surface area (Å²) in [6.07, 6.45) is 1.45. The summed E-state index contributed by atoms with van der Waals surface area (Å²) in [5, 5.41) is 9.85. The van der Waals surface area contributed by atoms with Crippen molar-refractivity contribution in [3.8, 4) is 10.6 Å². The molecule has 29 heavy (non-hydrogen) atoms. The van der Waals surface area contributed by atoms with Gasteiger partial charge in [0.25, 0.3) is 0 Å². The lowest BCUT2D eigenvalue weighted by Gasteiger charge is -2.36. The van der Waals surface area contributed by atoms with Crippen LogP contribution in [-0.4, -0.2) is 51.3 Å². The van der Waals surface area contributed by atoms with Gasteiger partial charge in [0.05, 0.1) is 21.3 Å². The van der Waals surface area contributed by atoms with Gasteiger partial charge in [0, 0.05) is 26.2 Å². The Bertz CT molecular complexity index is 995. The Morgan fingerprint density at radius 3 is 2.31 bits per heavy atom. The minimum atomic E-state index is -0.310. The van der Waals surface area contributed by atoms with Crippen molar-refractivity contribution in [3.05, 3.63) is 40.7 Å². The summed E-state index contributed by atoms with van der Waals surface area (Å²) in [6.45, 7) is 10.6. The molecule has 0 aromatic carbocycles. The van der Waals surface area contributed by atoms with Gasteiger partial charge in [-0.1, -0.05) is 13.8 Å². The summed E-state index contributed by atoms with van der Waals surface area (Å²) in [6, 6.07) is 3.99. The Morgan fingerprint density at radius 2 is 1.72 bits per heavy atom. The second-order valence-corrected chi connectivity index (χ2v) is 8.65. The van der Waals surface area contributed by atoms with Crippen LogP contribution >= 0.6 is 11.3 Å². The zero-order valence-electron chi connectivity index (χ0n) is 17.1. The summed E-state index contributed by atoms with van der Waals surface area (Å²) < 4.78 is 14.8. The van der Waals surface area contributed by atoms with E-state index in [1.54, 1.807) is 11.3 Å².